The van der Waals surface area contributed by atoms with Crippen molar-refractivity contribution < 1.29 is 19.2 Å². The van der Waals surface area contributed by atoms with E-state index in [-0.39, 0.29) is 17.8 Å². The second-order valence-electron chi connectivity index (χ2n) is 10.8. The first-order valence-electron chi connectivity index (χ1n) is 12.6. The van der Waals surface area contributed by atoms with Gasteiger partial charge in [-0.05, 0) is 114 Å². The van der Waals surface area contributed by atoms with Crippen LogP contribution < -0.4 is 0 Å². The summed E-state index contributed by atoms with van der Waals surface area (Å²) >= 11 is 2.31. The maximum Gasteiger partial charge on any atom is 0.303 e. The maximum absolute atomic E-state index is 13.5. The topological polar surface area (TPSA) is 63.6 Å². The van der Waals surface area contributed by atoms with Crippen molar-refractivity contribution in [1.29, 1.82) is 0 Å². The minimum absolute atomic E-state index is 0.237. The van der Waals surface area contributed by atoms with Gasteiger partial charge in [0, 0.05) is 18.8 Å². The van der Waals surface area contributed by atoms with Crippen LogP contribution in [0, 0.1) is 40.4 Å². The molecule has 4 nitrogen and oxygen atoms in total. The zero-order valence-electron chi connectivity index (χ0n) is 19.8. The lowest BCUT2D eigenvalue weighted by Gasteiger charge is -2.60. The number of hydrogen-bond donors (Lipinski definition) is 1. The molecule has 6 heteroatoms. The van der Waals surface area contributed by atoms with E-state index in [0.29, 0.717) is 47.4 Å². The number of Topliss-reactive ketones (excluding diaryl/α,β-unsaturated/α-hetero) is 1. The lowest BCUT2D eigenvalue weighted by molar-refractivity contribution is -0.159. The van der Waals surface area contributed by atoms with Gasteiger partial charge in [0.05, 0.1) is 12.6 Å². The molecule has 0 aliphatic heterocycles. The summed E-state index contributed by atoms with van der Waals surface area (Å²) < 4.78 is 5.96. The van der Waals surface area contributed by atoms with E-state index in [1.807, 2.05) is 13.8 Å². The van der Waals surface area contributed by atoms with Crippen molar-refractivity contribution in [2.24, 2.45) is 40.4 Å². The van der Waals surface area contributed by atoms with Gasteiger partial charge in [0.1, 0.15) is 5.78 Å². The van der Waals surface area contributed by atoms with Crippen LogP contribution >= 0.6 is 28.5 Å². The van der Waals surface area contributed by atoms with Crippen LogP contribution in [0.3, 0.4) is 0 Å². The Hall–Kier alpha value is 0.260. The Kier molecular flexibility index (Phi) is 8.91. The van der Waals surface area contributed by atoms with Gasteiger partial charge < -0.3 is 9.63 Å². The molecule has 4 fully saturated rings. The number of carboxylic acids is 1. The van der Waals surface area contributed by atoms with E-state index < -0.39 is 5.97 Å². The predicted molar refractivity (Wildman–Crippen MR) is 136 cm³/mol. The number of carbonyl (C=O) groups is 2. The van der Waals surface area contributed by atoms with E-state index in [9.17, 15) is 9.59 Å². The van der Waals surface area contributed by atoms with Crippen LogP contribution in [0.25, 0.3) is 0 Å². The second-order valence-corrected chi connectivity index (χ2v) is 12.5. The summed E-state index contributed by atoms with van der Waals surface area (Å²) in [5.41, 5.74) is 0.538. The summed E-state index contributed by atoms with van der Waals surface area (Å²) in [5.74, 6) is 2.27. The van der Waals surface area contributed by atoms with Crippen molar-refractivity contribution in [3.05, 3.63) is 0 Å². The van der Waals surface area contributed by atoms with Crippen molar-refractivity contribution >= 4 is 40.2 Å². The SMILES string of the molecule is CC.CC12CC[C@@H](OPI)CC1CC(=O)C1C2CCC2(C)C1CC[C@@H]2CCCC(=O)O. The molecule has 4 aliphatic carbocycles. The molecule has 4 aliphatic rings. The molecule has 0 aromatic carbocycles. The minimum atomic E-state index is -0.683. The Morgan fingerprint density at radius 1 is 1.13 bits per heavy atom. The molecule has 4 rings (SSSR count). The van der Waals surface area contributed by atoms with Crippen LogP contribution in [-0.2, 0) is 14.1 Å². The molecule has 0 spiro atoms. The third kappa shape index (κ3) is 4.90. The normalized spacial score (nSPS) is 44.2. The maximum atomic E-state index is 13.5. The first-order valence-corrected chi connectivity index (χ1v) is 16.6. The highest BCUT2D eigenvalue weighted by molar-refractivity contribution is 14.2. The largest absolute Gasteiger partial charge is 0.481 e. The molecule has 31 heavy (non-hydrogen) atoms. The van der Waals surface area contributed by atoms with E-state index in [1.165, 1.54) is 32.1 Å². The zero-order chi connectivity index (χ0) is 22.8. The number of halogens is 1. The minimum Gasteiger partial charge on any atom is -0.481 e. The molecule has 0 aromatic rings. The van der Waals surface area contributed by atoms with Crippen LogP contribution in [-0.4, -0.2) is 23.0 Å². The van der Waals surface area contributed by atoms with E-state index in [1.54, 1.807) is 0 Å². The van der Waals surface area contributed by atoms with Crippen LogP contribution in [0.15, 0.2) is 0 Å². The number of carboxylic acid groups (broad SMARTS) is 1. The van der Waals surface area contributed by atoms with Gasteiger partial charge in [0.2, 0.25) is 0 Å². The van der Waals surface area contributed by atoms with E-state index in [0.717, 1.165) is 32.1 Å². The summed E-state index contributed by atoms with van der Waals surface area (Å²) in [6.45, 7) is 9.44. The first-order chi connectivity index (χ1) is 14.8. The van der Waals surface area contributed by atoms with Crippen molar-refractivity contribution in [3.8, 4) is 0 Å². The van der Waals surface area contributed by atoms with Crippen molar-refractivity contribution in [3.63, 3.8) is 0 Å². The van der Waals surface area contributed by atoms with Crippen molar-refractivity contribution in [1.82, 2.24) is 0 Å². The van der Waals surface area contributed by atoms with Gasteiger partial charge in [-0.1, -0.05) is 27.7 Å². The smallest absolute Gasteiger partial charge is 0.303 e. The molecule has 1 N–H and O–H groups in total. The van der Waals surface area contributed by atoms with E-state index in [4.69, 9.17) is 9.63 Å². The Labute approximate surface area is 203 Å². The fourth-order valence-corrected chi connectivity index (χ4v) is 9.56. The van der Waals surface area contributed by atoms with Gasteiger partial charge in [-0.25, -0.2) is 0 Å². The number of ketones is 1. The van der Waals surface area contributed by atoms with Crippen LogP contribution in [0.5, 0.6) is 0 Å². The van der Waals surface area contributed by atoms with Gasteiger partial charge in [-0.15, -0.1) is 0 Å². The number of aliphatic carboxylic acids is 1. The van der Waals surface area contributed by atoms with E-state index in [2.05, 4.69) is 35.9 Å². The molecule has 0 aromatic heterocycles. The third-order valence-corrected chi connectivity index (χ3v) is 11.0. The quantitative estimate of drug-likeness (QED) is 0.269. The zero-order valence-corrected chi connectivity index (χ0v) is 22.9. The molecule has 9 atom stereocenters. The van der Waals surface area contributed by atoms with E-state index >= 15 is 0 Å². The van der Waals surface area contributed by atoms with Crippen molar-refractivity contribution in [2.45, 2.75) is 104 Å². The second kappa shape index (κ2) is 10.7. The third-order valence-electron chi connectivity index (χ3n) is 9.77. The fraction of sp³-hybridized carbons (Fsp3) is 0.920. The lowest BCUT2D eigenvalue weighted by Crippen LogP contribution is -2.57. The molecular formula is C25H42IO4P. The molecule has 4 saturated carbocycles. The first kappa shape index (κ1) is 25.9. The standard InChI is InChI=1S/C23H36IO4P.C2H6/c1-22-11-9-18-21(17(22)7-6-14(22)4-3-5-20(26)27)19(25)13-15-12-16(28-29-24)8-10-23(15,18)2;1-2/h14-18,21,29H,3-13H2,1-2H3,(H,26,27);1-2H3/t14-,15?,16+,17?,18?,21?,22?,23?;/m0./s1. The Morgan fingerprint density at radius 2 is 1.81 bits per heavy atom. The van der Waals surface area contributed by atoms with Crippen LogP contribution in [0.2, 0.25) is 0 Å². The highest BCUT2D eigenvalue weighted by atomic mass is 127. The predicted octanol–water partition coefficient (Wildman–Crippen LogP) is 7.43. The highest BCUT2D eigenvalue weighted by Crippen LogP contribution is 2.67. The van der Waals surface area contributed by atoms with Gasteiger partial charge >= 0.3 is 5.97 Å². The van der Waals surface area contributed by atoms with Gasteiger partial charge in [0.15, 0.2) is 0 Å². The summed E-state index contributed by atoms with van der Waals surface area (Å²) in [4.78, 5) is 24.4. The van der Waals surface area contributed by atoms with Crippen molar-refractivity contribution in [2.75, 3.05) is 0 Å². The molecule has 0 bridgehead atoms. The molecule has 0 radical (unpaired) electrons. The molecular weight excluding hydrogens is 522 g/mol. The number of hydrogen-bond acceptors (Lipinski definition) is 3. The van der Waals surface area contributed by atoms with Gasteiger partial charge in [-0.3, -0.25) is 9.59 Å². The number of rotatable bonds is 6. The summed E-state index contributed by atoms with van der Waals surface area (Å²) in [7, 11) is 0. The Balaban J connectivity index is 0.00000132. The molecule has 7 unspecified atom stereocenters. The average molecular weight is 564 g/mol. The van der Waals surface area contributed by atoms with Gasteiger partial charge in [0.25, 0.3) is 0 Å². The average Bonchev–Trinajstić information content (AvgIpc) is 3.07. The Bertz CT molecular complexity index is 657. The summed E-state index contributed by atoms with van der Waals surface area (Å²) in [6.07, 6.45) is 11.4. The summed E-state index contributed by atoms with van der Waals surface area (Å²) in [6, 6.07) is 0. The van der Waals surface area contributed by atoms with Gasteiger partial charge in [-0.2, -0.15) is 0 Å². The Morgan fingerprint density at radius 3 is 2.48 bits per heavy atom. The number of fused-ring (bicyclic) bond motifs is 5. The van der Waals surface area contributed by atoms with Crippen LogP contribution in [0.4, 0.5) is 0 Å². The number of carbonyl (C=O) groups excluding carboxylic acids is 1. The lowest BCUT2D eigenvalue weighted by atomic mass is 9.44. The monoisotopic (exact) mass is 564 g/mol. The molecule has 0 saturated heterocycles. The summed E-state index contributed by atoms with van der Waals surface area (Å²) in [5, 5.41) is 9.01. The highest BCUT2D eigenvalue weighted by Gasteiger charge is 2.62. The van der Waals surface area contributed by atoms with Crippen LogP contribution in [0.1, 0.15) is 98.3 Å². The fourth-order valence-electron chi connectivity index (χ4n) is 8.15. The molecule has 178 valence electrons. The molecule has 0 amide bonds. The molecule has 0 heterocycles.